The van der Waals surface area contributed by atoms with Crippen molar-refractivity contribution >= 4 is 17.5 Å². The zero-order valence-electron chi connectivity index (χ0n) is 18.0. The van der Waals surface area contributed by atoms with Gasteiger partial charge in [0, 0.05) is 36.6 Å². The molecule has 1 aliphatic heterocycles. The largest absolute Gasteiger partial charge is 0.433 e. The number of fused-ring (bicyclic) bond motifs is 1. The van der Waals surface area contributed by atoms with Crippen LogP contribution in [0.15, 0.2) is 60.8 Å². The summed E-state index contributed by atoms with van der Waals surface area (Å²) in [5, 5.41) is 10.5. The summed E-state index contributed by atoms with van der Waals surface area (Å²) in [5.41, 5.74) is 3.28. The number of aryl methyl sites for hydroxylation is 1. The number of amides is 1. The number of pyridine rings is 1. The van der Waals surface area contributed by atoms with Crippen molar-refractivity contribution in [3.8, 4) is 22.5 Å². The molecule has 1 aliphatic rings. The summed E-state index contributed by atoms with van der Waals surface area (Å²) in [6, 6.07) is 15.1. The maximum atomic E-state index is 13.0. The lowest BCUT2D eigenvalue weighted by molar-refractivity contribution is -0.141. The first kappa shape index (κ1) is 21.6. The molecule has 0 fully saturated rings. The third-order valence-corrected chi connectivity index (χ3v) is 5.58. The van der Waals surface area contributed by atoms with E-state index in [2.05, 4.69) is 25.7 Å². The predicted molar refractivity (Wildman–Crippen MR) is 120 cm³/mol. The van der Waals surface area contributed by atoms with E-state index in [9.17, 15) is 18.0 Å². The van der Waals surface area contributed by atoms with Crippen LogP contribution in [0.2, 0.25) is 0 Å². The van der Waals surface area contributed by atoms with Crippen LogP contribution in [0.5, 0.6) is 0 Å². The average molecular weight is 464 g/mol. The first-order valence-corrected chi connectivity index (χ1v) is 10.5. The maximum absolute atomic E-state index is 13.0. The molecule has 0 unspecified atom stereocenters. The van der Waals surface area contributed by atoms with Gasteiger partial charge < -0.3 is 10.6 Å². The number of hydrogen-bond donors (Lipinski definition) is 2. The van der Waals surface area contributed by atoms with Crippen molar-refractivity contribution in [3.63, 3.8) is 0 Å². The third-order valence-electron chi connectivity index (χ3n) is 5.58. The molecular formula is C24H19F3N6O. The van der Waals surface area contributed by atoms with Crippen LogP contribution < -0.4 is 10.6 Å². The van der Waals surface area contributed by atoms with Crippen LogP contribution in [0.3, 0.4) is 0 Å². The average Bonchev–Trinajstić information content (AvgIpc) is 3.19. The number of anilines is 2. The molecule has 0 saturated heterocycles. The van der Waals surface area contributed by atoms with Gasteiger partial charge in [-0.3, -0.25) is 9.78 Å². The molecule has 0 radical (unpaired) electrons. The molecular weight excluding hydrogens is 445 g/mol. The highest BCUT2D eigenvalue weighted by molar-refractivity contribution is 5.97. The van der Waals surface area contributed by atoms with Crippen LogP contribution >= 0.6 is 0 Å². The number of carbonyl (C=O) groups is 1. The SMILES string of the molecule is Cn1nc(-c2ccc(-c3ccnc(C(F)(F)F)c3)cc2)nc1Nc1ccc2c(c1)CCNC2=O. The number of halogens is 3. The second kappa shape index (κ2) is 8.29. The minimum absolute atomic E-state index is 0.0708. The van der Waals surface area contributed by atoms with Crippen LogP contribution in [0.1, 0.15) is 21.6 Å². The summed E-state index contributed by atoms with van der Waals surface area (Å²) in [4.78, 5) is 19.9. The Labute approximate surface area is 192 Å². The monoisotopic (exact) mass is 464 g/mol. The van der Waals surface area contributed by atoms with E-state index < -0.39 is 11.9 Å². The first-order valence-electron chi connectivity index (χ1n) is 10.5. The Morgan fingerprint density at radius 3 is 2.53 bits per heavy atom. The van der Waals surface area contributed by atoms with Crippen LogP contribution in [0.25, 0.3) is 22.5 Å². The Balaban J connectivity index is 1.37. The fraction of sp³-hybridized carbons (Fsp3) is 0.167. The van der Waals surface area contributed by atoms with Crippen molar-refractivity contribution in [2.24, 2.45) is 7.05 Å². The van der Waals surface area contributed by atoms with Crippen LogP contribution in [0, 0.1) is 0 Å². The molecule has 0 spiro atoms. The van der Waals surface area contributed by atoms with E-state index in [4.69, 9.17) is 0 Å². The summed E-state index contributed by atoms with van der Waals surface area (Å²) < 4.78 is 40.5. The van der Waals surface area contributed by atoms with Crippen molar-refractivity contribution < 1.29 is 18.0 Å². The van der Waals surface area contributed by atoms with E-state index in [1.165, 1.54) is 6.07 Å². The fourth-order valence-corrected chi connectivity index (χ4v) is 3.83. The van der Waals surface area contributed by atoms with Gasteiger partial charge in [-0.2, -0.15) is 18.2 Å². The fourth-order valence-electron chi connectivity index (χ4n) is 3.83. The number of hydrogen-bond acceptors (Lipinski definition) is 5. The smallest absolute Gasteiger partial charge is 0.352 e. The van der Waals surface area contributed by atoms with Gasteiger partial charge in [-0.15, -0.1) is 5.10 Å². The molecule has 0 atom stereocenters. The maximum Gasteiger partial charge on any atom is 0.433 e. The molecule has 0 saturated carbocycles. The van der Waals surface area contributed by atoms with Crippen molar-refractivity contribution in [3.05, 3.63) is 77.6 Å². The van der Waals surface area contributed by atoms with Gasteiger partial charge >= 0.3 is 6.18 Å². The van der Waals surface area contributed by atoms with Gasteiger partial charge in [0.25, 0.3) is 5.91 Å². The molecule has 4 aromatic rings. The molecule has 10 heteroatoms. The van der Waals surface area contributed by atoms with E-state index in [-0.39, 0.29) is 5.91 Å². The molecule has 0 aliphatic carbocycles. The Morgan fingerprint density at radius 2 is 1.76 bits per heavy atom. The molecule has 5 rings (SSSR count). The standard InChI is InChI=1S/C24H19F3N6O/c1-33-23(30-18-6-7-19-17(12-18)9-11-29-22(19)34)31-21(32-33)15-4-2-14(3-5-15)16-8-10-28-20(13-16)24(25,26)27/h2-8,10,12-13H,9,11H2,1H3,(H,29,34)(H,30,31,32). The van der Waals surface area contributed by atoms with Crippen molar-refractivity contribution in [2.45, 2.75) is 12.6 Å². The van der Waals surface area contributed by atoms with Crippen molar-refractivity contribution in [1.29, 1.82) is 0 Å². The lowest BCUT2D eigenvalue weighted by Crippen LogP contribution is -2.31. The Bertz CT molecular complexity index is 1380. The second-order valence-electron chi connectivity index (χ2n) is 7.89. The molecule has 3 heterocycles. The van der Waals surface area contributed by atoms with E-state index in [1.807, 2.05) is 12.1 Å². The highest BCUT2D eigenvalue weighted by atomic mass is 19.4. The van der Waals surface area contributed by atoms with Gasteiger partial charge in [-0.05, 0) is 53.4 Å². The summed E-state index contributed by atoms with van der Waals surface area (Å²) in [6.07, 6.45) is -2.59. The van der Waals surface area contributed by atoms with Crippen LogP contribution in [-0.4, -0.2) is 32.2 Å². The molecule has 2 aromatic heterocycles. The Hall–Kier alpha value is -4.21. The third kappa shape index (κ3) is 4.21. The highest BCUT2D eigenvalue weighted by Crippen LogP contribution is 2.31. The van der Waals surface area contributed by atoms with Crippen molar-refractivity contribution in [2.75, 3.05) is 11.9 Å². The predicted octanol–water partition coefficient (Wildman–Crippen LogP) is 4.59. The molecule has 34 heavy (non-hydrogen) atoms. The minimum atomic E-state index is -4.50. The molecule has 172 valence electrons. The quantitative estimate of drug-likeness (QED) is 0.462. The van der Waals surface area contributed by atoms with Gasteiger partial charge in [-0.1, -0.05) is 24.3 Å². The Morgan fingerprint density at radius 1 is 1.00 bits per heavy atom. The van der Waals surface area contributed by atoms with Gasteiger partial charge in [0.2, 0.25) is 5.95 Å². The van der Waals surface area contributed by atoms with Gasteiger partial charge in [0.15, 0.2) is 5.82 Å². The number of carbonyl (C=O) groups excluding carboxylic acids is 1. The number of nitrogens with one attached hydrogen (secondary N) is 2. The molecule has 0 bridgehead atoms. The molecule has 2 N–H and O–H groups in total. The lowest BCUT2D eigenvalue weighted by Gasteiger charge is -2.17. The normalized spacial score (nSPS) is 13.4. The van der Waals surface area contributed by atoms with Gasteiger partial charge in [0.1, 0.15) is 5.69 Å². The molecule has 2 aromatic carbocycles. The summed E-state index contributed by atoms with van der Waals surface area (Å²) in [6.45, 7) is 0.608. The van der Waals surface area contributed by atoms with Crippen molar-refractivity contribution in [1.82, 2.24) is 25.1 Å². The number of rotatable bonds is 4. The molecule has 7 nitrogen and oxygen atoms in total. The highest BCUT2D eigenvalue weighted by Gasteiger charge is 2.32. The van der Waals surface area contributed by atoms with Gasteiger partial charge in [-0.25, -0.2) is 4.68 Å². The van der Waals surface area contributed by atoms with E-state index in [1.54, 1.807) is 42.1 Å². The first-order chi connectivity index (χ1) is 16.3. The van der Waals surface area contributed by atoms with Crippen LogP contribution in [-0.2, 0) is 19.6 Å². The van der Waals surface area contributed by atoms with E-state index in [0.29, 0.717) is 35.0 Å². The summed E-state index contributed by atoms with van der Waals surface area (Å²) >= 11 is 0. The lowest BCUT2D eigenvalue weighted by atomic mass is 10.00. The van der Waals surface area contributed by atoms with Crippen LogP contribution in [0.4, 0.5) is 24.8 Å². The number of alkyl halides is 3. The Kier molecular flexibility index (Phi) is 5.27. The number of nitrogens with zero attached hydrogens (tertiary/aromatic N) is 4. The summed E-state index contributed by atoms with van der Waals surface area (Å²) in [7, 11) is 1.76. The van der Waals surface area contributed by atoms with Gasteiger partial charge in [0.05, 0.1) is 0 Å². The zero-order chi connectivity index (χ0) is 23.9. The minimum Gasteiger partial charge on any atom is -0.352 e. The number of aromatic nitrogens is 4. The van der Waals surface area contributed by atoms with E-state index in [0.717, 1.165) is 35.5 Å². The molecule has 1 amide bonds. The summed E-state index contributed by atoms with van der Waals surface area (Å²) in [5.74, 6) is 0.918. The topological polar surface area (TPSA) is 84.7 Å². The van der Waals surface area contributed by atoms with E-state index >= 15 is 0 Å². The number of benzene rings is 2. The second-order valence-corrected chi connectivity index (χ2v) is 7.89. The zero-order valence-corrected chi connectivity index (χ0v) is 18.0.